The maximum Gasteiger partial charge on any atom is 0.407 e. The molecule has 0 spiro atoms. The van der Waals surface area contributed by atoms with E-state index in [4.69, 9.17) is 42.8 Å². The van der Waals surface area contributed by atoms with Gasteiger partial charge in [0.25, 0.3) is 26.0 Å². The predicted molar refractivity (Wildman–Crippen MR) is 300 cm³/mol. The number of amides is 4. The summed E-state index contributed by atoms with van der Waals surface area (Å²) in [5.41, 5.74) is 0. The van der Waals surface area contributed by atoms with E-state index in [1.54, 1.807) is 48.1 Å². The maximum absolute atomic E-state index is 13.7. The molecule has 8 rings (SSSR count). The second kappa shape index (κ2) is 32.3. The molecule has 4 amide bonds. The summed E-state index contributed by atoms with van der Waals surface area (Å²) in [6.45, 7) is 4.02. The Morgan fingerprint density at radius 2 is 1.07 bits per heavy atom. The first-order valence-corrected chi connectivity index (χ1v) is 32.2. The first kappa shape index (κ1) is 67.6. The van der Waals surface area contributed by atoms with Crippen molar-refractivity contribution in [1.29, 1.82) is 0 Å². The number of alkyl carbamates (subject to hydrolysis) is 2. The SMILES string of the molecule is CC[C@H](NC(=O)OC1CO[C@H]2OCC[C@@H]12)[C@H](O)CN(OC1CCCC1)S(=O)(=O)c1cccc(O)c1.CC[C@H](NC(=O)OC1CO[C@H]2OCC[C@@H]12)[C@H](O)CN(OC1CCCC1)S(=O)(=O)c1cccc(OCC(=O)N(C)C)c1.CN(C)C(=O)CBr. The Labute approximate surface area is 494 Å². The third-order valence-electron chi connectivity index (χ3n) is 14.9. The summed E-state index contributed by atoms with van der Waals surface area (Å²) in [5.74, 6) is -0.236. The summed E-state index contributed by atoms with van der Waals surface area (Å²) >= 11 is 3.02. The number of alkyl halides is 1. The third kappa shape index (κ3) is 19.5. The fourth-order valence-corrected chi connectivity index (χ4v) is 13.1. The number of aliphatic hydroxyl groups excluding tert-OH is 2. The molecular weight excluding hydrogens is 1200 g/mol. The van der Waals surface area contributed by atoms with E-state index >= 15 is 0 Å². The van der Waals surface area contributed by atoms with Crippen molar-refractivity contribution in [2.45, 2.75) is 162 Å². The van der Waals surface area contributed by atoms with Crippen LogP contribution in [0.2, 0.25) is 0 Å². The number of halogens is 1. The fourth-order valence-electron chi connectivity index (χ4n) is 9.95. The standard InChI is InChI=1S/C27H41N3O10S.C23H34N2O9S.C4H8BrNO/c1-4-22(28-27(33)39-24-16-38-26-21(24)12-13-36-26)23(31)15-30(40-18-8-5-6-9-18)41(34,35)20-11-7-10-19(14-20)37-17-25(32)29(2)3;1-2-19(24-23(28)33-21-14-32-22-18(21)10-11-31-22)20(27)13-25(34-16-7-3-4-8-16)35(29,30)17-9-5-6-15(26)12-17;1-6(2)4(7)3-5/h7,10-11,14,18,21-24,26,31H,4-6,8-9,12-13,15-17H2,1-3H3,(H,28,33);5-6,9,12,16,18-22,26-27H,2-4,7-8,10-11,13-14H2,1H3,(H,24,28);3H2,1-2H3/t21-,22-,23+,24?,26+;18-,19-,20+,21?,22+;/m00./s1. The molecule has 2 aliphatic carbocycles. The number of nitrogens with zero attached hydrogens (tertiary/aromatic N) is 4. The highest BCUT2D eigenvalue weighted by Crippen LogP contribution is 2.35. The molecule has 0 aromatic heterocycles. The molecule has 468 valence electrons. The summed E-state index contributed by atoms with van der Waals surface area (Å²) in [5, 5.41) is 37.5. The molecule has 5 N–H and O–H groups in total. The van der Waals surface area contributed by atoms with Crippen molar-refractivity contribution < 1.29 is 94.2 Å². The van der Waals surface area contributed by atoms with Crippen molar-refractivity contribution >= 4 is 60.0 Å². The van der Waals surface area contributed by atoms with Gasteiger partial charge in [-0.05, 0) is 81.7 Å². The number of aromatic hydroxyl groups is 1. The summed E-state index contributed by atoms with van der Waals surface area (Å²) in [6.07, 6.45) is 2.32. The minimum Gasteiger partial charge on any atom is -0.508 e. The number of carbonyl (C=O) groups is 4. The number of aliphatic hydroxyl groups is 2. The number of rotatable bonds is 24. The molecular formula is C54H83BrN6O20S2. The number of hydroxylamine groups is 2. The number of phenols is 1. The van der Waals surface area contributed by atoms with Gasteiger partial charge in [-0.15, -0.1) is 0 Å². The van der Waals surface area contributed by atoms with Gasteiger partial charge >= 0.3 is 12.2 Å². The molecule has 0 radical (unpaired) electrons. The Bertz CT molecular complexity index is 2630. The van der Waals surface area contributed by atoms with Crippen LogP contribution in [0.15, 0.2) is 58.3 Å². The van der Waals surface area contributed by atoms with E-state index in [-0.39, 0.29) is 89.5 Å². The van der Waals surface area contributed by atoms with E-state index in [2.05, 4.69) is 26.6 Å². The molecule has 4 aliphatic heterocycles. The minimum atomic E-state index is -4.26. The number of hydrogen-bond donors (Lipinski definition) is 5. The molecule has 83 heavy (non-hydrogen) atoms. The molecule has 2 saturated carbocycles. The molecule has 2 aromatic carbocycles. The van der Waals surface area contributed by atoms with Crippen LogP contribution in [0.25, 0.3) is 0 Å². The fraction of sp³-hybridized carbons (Fsp3) is 0.704. The maximum atomic E-state index is 13.7. The van der Waals surface area contributed by atoms with E-state index < -0.39 is 81.8 Å². The first-order valence-electron chi connectivity index (χ1n) is 28.2. The number of fused-ring (bicyclic) bond motifs is 2. The van der Waals surface area contributed by atoms with Gasteiger partial charge in [0.15, 0.2) is 19.2 Å². The van der Waals surface area contributed by atoms with Gasteiger partial charge in [0.2, 0.25) is 5.91 Å². The van der Waals surface area contributed by atoms with Crippen LogP contribution in [0.5, 0.6) is 11.5 Å². The topological polar surface area (TPSA) is 317 Å². The molecule has 6 aliphatic rings. The van der Waals surface area contributed by atoms with Crippen molar-refractivity contribution in [3.63, 3.8) is 0 Å². The van der Waals surface area contributed by atoms with Crippen LogP contribution in [0.3, 0.4) is 0 Å². The van der Waals surface area contributed by atoms with Crippen molar-refractivity contribution in [1.82, 2.24) is 29.4 Å². The summed E-state index contributed by atoms with van der Waals surface area (Å²) in [6, 6.07) is 9.44. The van der Waals surface area contributed by atoms with Crippen molar-refractivity contribution in [3.05, 3.63) is 48.5 Å². The molecule has 29 heteroatoms. The average molecular weight is 1280 g/mol. The van der Waals surface area contributed by atoms with Gasteiger partial charge < -0.3 is 68.9 Å². The van der Waals surface area contributed by atoms with Gasteiger partial charge in [-0.1, -0.05) is 76.5 Å². The zero-order valence-electron chi connectivity index (χ0n) is 48.0. The van der Waals surface area contributed by atoms with Gasteiger partial charge in [-0.25, -0.2) is 26.4 Å². The van der Waals surface area contributed by atoms with Crippen LogP contribution in [0, 0.1) is 11.8 Å². The Kier molecular flexibility index (Phi) is 26.3. The highest BCUT2D eigenvalue weighted by atomic mass is 79.9. The lowest BCUT2D eigenvalue weighted by atomic mass is 10.0. The Morgan fingerprint density at radius 3 is 1.47 bits per heavy atom. The van der Waals surface area contributed by atoms with Crippen molar-refractivity contribution in [2.24, 2.45) is 11.8 Å². The number of phenolic OH excluding ortho intramolecular Hbond substituents is 1. The molecule has 6 fully saturated rings. The number of sulfonamides is 2. The number of likely N-dealkylation sites (N-methyl/N-ethyl adjacent to an activating group) is 1. The van der Waals surface area contributed by atoms with E-state index in [0.29, 0.717) is 57.1 Å². The van der Waals surface area contributed by atoms with E-state index in [9.17, 15) is 51.3 Å². The minimum absolute atomic E-state index is 0.0199. The van der Waals surface area contributed by atoms with Crippen LogP contribution in [0.4, 0.5) is 9.59 Å². The quantitative estimate of drug-likeness (QED) is 0.0733. The number of ether oxygens (including phenoxy) is 7. The molecule has 4 saturated heterocycles. The highest BCUT2D eigenvalue weighted by Gasteiger charge is 2.46. The van der Waals surface area contributed by atoms with Gasteiger partial charge in [-0.3, -0.25) is 19.3 Å². The monoisotopic (exact) mass is 1280 g/mol. The summed E-state index contributed by atoms with van der Waals surface area (Å²) in [4.78, 5) is 61.9. The predicted octanol–water partition coefficient (Wildman–Crippen LogP) is 4.00. The number of nitrogens with one attached hydrogen (secondary N) is 2. The molecule has 4 heterocycles. The Hall–Kier alpha value is -4.50. The first-order chi connectivity index (χ1) is 39.5. The van der Waals surface area contributed by atoms with E-state index in [1.807, 2.05) is 0 Å². The molecule has 10 atom stereocenters. The second-order valence-electron chi connectivity index (χ2n) is 21.4. The van der Waals surface area contributed by atoms with Crippen LogP contribution in [0.1, 0.15) is 90.9 Å². The van der Waals surface area contributed by atoms with Gasteiger partial charge in [0.1, 0.15) is 23.7 Å². The third-order valence-corrected chi connectivity index (χ3v) is 18.7. The number of hydrogen-bond acceptors (Lipinski definition) is 20. The van der Waals surface area contributed by atoms with Crippen LogP contribution in [-0.2, 0) is 67.7 Å². The van der Waals surface area contributed by atoms with Gasteiger partial charge in [0, 0.05) is 34.3 Å². The summed E-state index contributed by atoms with van der Waals surface area (Å²) < 4.78 is 94.2. The van der Waals surface area contributed by atoms with Crippen LogP contribution >= 0.6 is 15.9 Å². The number of benzene rings is 2. The van der Waals surface area contributed by atoms with Crippen LogP contribution < -0.4 is 15.4 Å². The Balaban J connectivity index is 0.000000241. The highest BCUT2D eigenvalue weighted by molar-refractivity contribution is 9.09. The smallest absolute Gasteiger partial charge is 0.407 e. The van der Waals surface area contributed by atoms with Gasteiger partial charge in [-0.2, -0.15) is 0 Å². The Morgan fingerprint density at radius 1 is 0.639 bits per heavy atom. The van der Waals surface area contributed by atoms with E-state index in [0.717, 1.165) is 53.5 Å². The molecule has 0 bridgehead atoms. The van der Waals surface area contributed by atoms with Crippen molar-refractivity contribution in [2.75, 3.05) is 79.6 Å². The lowest BCUT2D eigenvalue weighted by molar-refractivity contribution is -0.145. The molecule has 26 nitrogen and oxygen atoms in total. The summed E-state index contributed by atoms with van der Waals surface area (Å²) in [7, 11) is -1.81. The van der Waals surface area contributed by atoms with Gasteiger partial charge in [0.05, 0.1) is 103 Å². The second-order valence-corrected chi connectivity index (χ2v) is 25.6. The van der Waals surface area contributed by atoms with Crippen molar-refractivity contribution in [3.8, 4) is 11.5 Å². The molecule has 2 aromatic rings. The lowest BCUT2D eigenvalue weighted by Crippen LogP contribution is -2.50. The zero-order chi connectivity index (χ0) is 60.4. The average Bonchev–Trinajstić information content (AvgIpc) is 4.51. The zero-order valence-corrected chi connectivity index (χ0v) is 51.2. The lowest BCUT2D eigenvalue weighted by Gasteiger charge is -2.30. The largest absolute Gasteiger partial charge is 0.508 e. The molecule has 2 unspecified atom stereocenters. The van der Waals surface area contributed by atoms with E-state index in [1.165, 1.54) is 46.2 Å². The number of carbonyl (C=O) groups excluding carboxylic acids is 4. The normalized spacial score (nSPS) is 23.8. The van der Waals surface area contributed by atoms with Crippen LogP contribution in [-0.4, -0.2) is 216 Å².